The first-order chi connectivity index (χ1) is 8.44. The van der Waals surface area contributed by atoms with Gasteiger partial charge in [-0.2, -0.15) is 0 Å². The van der Waals surface area contributed by atoms with Crippen LogP contribution in [0.3, 0.4) is 0 Å². The monoisotopic (exact) mass is 256 g/mol. The van der Waals surface area contributed by atoms with Gasteiger partial charge in [-0.25, -0.2) is 0 Å². The van der Waals surface area contributed by atoms with E-state index in [-0.39, 0.29) is 18.4 Å². The Morgan fingerprint density at radius 1 is 1.44 bits per heavy atom. The minimum absolute atomic E-state index is 0.0254. The number of piperidine rings is 1. The van der Waals surface area contributed by atoms with Gasteiger partial charge in [0.05, 0.1) is 5.54 Å². The first kappa shape index (κ1) is 15.0. The molecule has 0 aliphatic carbocycles. The molecule has 18 heavy (non-hydrogen) atoms. The fourth-order valence-corrected chi connectivity index (χ4v) is 2.26. The van der Waals surface area contributed by atoms with Gasteiger partial charge in [0.15, 0.2) is 0 Å². The first-order valence-corrected chi connectivity index (χ1v) is 6.72. The molecule has 1 aliphatic rings. The summed E-state index contributed by atoms with van der Waals surface area (Å²) < 4.78 is 0. The van der Waals surface area contributed by atoms with Crippen LogP contribution in [0.2, 0.25) is 0 Å². The molecule has 2 atom stereocenters. The number of amides is 1. The maximum atomic E-state index is 12.1. The lowest BCUT2D eigenvalue weighted by molar-refractivity contribution is -0.137. The van der Waals surface area contributed by atoms with Gasteiger partial charge in [-0.1, -0.05) is 0 Å². The van der Waals surface area contributed by atoms with E-state index < -0.39 is 11.5 Å². The number of rotatable bonds is 6. The molecule has 0 spiro atoms. The van der Waals surface area contributed by atoms with Crippen LogP contribution in [0.5, 0.6) is 0 Å². The van der Waals surface area contributed by atoms with Crippen molar-refractivity contribution in [3.63, 3.8) is 0 Å². The average Bonchev–Trinajstić information content (AvgIpc) is 2.29. The summed E-state index contributed by atoms with van der Waals surface area (Å²) in [6.07, 6.45) is 4.52. The lowest BCUT2D eigenvalue weighted by Crippen LogP contribution is -2.58. The summed E-state index contributed by atoms with van der Waals surface area (Å²) in [6.45, 7) is 4.74. The molecule has 1 saturated heterocycles. The third kappa shape index (κ3) is 4.64. The van der Waals surface area contributed by atoms with E-state index in [1.54, 1.807) is 0 Å². The molecule has 0 bridgehead atoms. The molecular weight excluding hydrogens is 232 g/mol. The Morgan fingerprint density at radius 2 is 2.17 bits per heavy atom. The van der Waals surface area contributed by atoms with Gasteiger partial charge < -0.3 is 15.7 Å². The molecule has 2 unspecified atom stereocenters. The van der Waals surface area contributed by atoms with Crippen molar-refractivity contribution >= 4 is 11.9 Å². The topological polar surface area (TPSA) is 78.4 Å². The van der Waals surface area contributed by atoms with Gasteiger partial charge in [0.25, 0.3) is 0 Å². The molecule has 5 heteroatoms. The van der Waals surface area contributed by atoms with Crippen LogP contribution in [0, 0.1) is 0 Å². The minimum atomic E-state index is -0.783. The molecule has 0 radical (unpaired) electrons. The normalized spacial score (nSPS) is 25.4. The van der Waals surface area contributed by atoms with Crippen LogP contribution in [0.1, 0.15) is 52.4 Å². The predicted molar refractivity (Wildman–Crippen MR) is 69.4 cm³/mol. The lowest BCUT2D eigenvalue weighted by Gasteiger charge is -2.34. The van der Waals surface area contributed by atoms with E-state index in [1.807, 2.05) is 13.8 Å². The Balaban J connectivity index is 2.31. The Kier molecular flexibility index (Phi) is 5.59. The molecule has 1 rings (SSSR count). The Labute approximate surface area is 108 Å². The highest BCUT2D eigenvalue weighted by Gasteiger charge is 2.34. The first-order valence-electron chi connectivity index (χ1n) is 6.72. The Bertz CT molecular complexity index is 299. The largest absolute Gasteiger partial charge is 0.481 e. The van der Waals surface area contributed by atoms with Crippen molar-refractivity contribution in [1.82, 2.24) is 10.6 Å². The molecule has 1 fully saturated rings. The number of carbonyl (C=O) groups is 2. The summed E-state index contributed by atoms with van der Waals surface area (Å²) in [5.74, 6) is -0.750. The number of carbonyl (C=O) groups excluding carboxylic acids is 1. The zero-order chi connectivity index (χ0) is 13.6. The molecule has 104 valence electrons. The molecule has 1 amide bonds. The fraction of sp³-hybridized carbons (Fsp3) is 0.846. The van der Waals surface area contributed by atoms with E-state index in [0.29, 0.717) is 12.8 Å². The highest BCUT2D eigenvalue weighted by molar-refractivity contribution is 5.86. The quantitative estimate of drug-likeness (QED) is 0.669. The third-order valence-corrected chi connectivity index (χ3v) is 3.53. The highest BCUT2D eigenvalue weighted by atomic mass is 16.4. The van der Waals surface area contributed by atoms with Gasteiger partial charge in [0.2, 0.25) is 5.91 Å². The summed E-state index contributed by atoms with van der Waals surface area (Å²) in [4.78, 5) is 22.5. The Morgan fingerprint density at radius 3 is 2.72 bits per heavy atom. The zero-order valence-corrected chi connectivity index (χ0v) is 11.3. The number of hydrogen-bond acceptors (Lipinski definition) is 3. The van der Waals surface area contributed by atoms with Crippen molar-refractivity contribution in [2.24, 2.45) is 0 Å². The lowest BCUT2D eigenvalue weighted by atomic mass is 9.89. The molecule has 0 aromatic carbocycles. The molecule has 5 nitrogen and oxygen atoms in total. The maximum Gasteiger partial charge on any atom is 0.303 e. The summed E-state index contributed by atoms with van der Waals surface area (Å²) in [6, 6.07) is 0.0254. The second kappa shape index (κ2) is 6.73. The average molecular weight is 256 g/mol. The fourth-order valence-electron chi connectivity index (χ4n) is 2.26. The van der Waals surface area contributed by atoms with E-state index in [1.165, 1.54) is 0 Å². The van der Waals surface area contributed by atoms with E-state index in [9.17, 15) is 9.59 Å². The minimum Gasteiger partial charge on any atom is -0.481 e. The SMILES string of the molecule is CC(CCCC(=O)O)NC(=O)C1(C)CCCCN1. The van der Waals surface area contributed by atoms with Crippen molar-refractivity contribution in [2.45, 2.75) is 64.0 Å². The van der Waals surface area contributed by atoms with E-state index >= 15 is 0 Å². The second-order valence-electron chi connectivity index (χ2n) is 5.38. The van der Waals surface area contributed by atoms with Crippen LogP contribution in [-0.2, 0) is 9.59 Å². The van der Waals surface area contributed by atoms with E-state index in [0.717, 1.165) is 25.8 Å². The summed E-state index contributed by atoms with van der Waals surface area (Å²) >= 11 is 0. The van der Waals surface area contributed by atoms with Crippen molar-refractivity contribution in [3.05, 3.63) is 0 Å². The molecule has 0 aromatic heterocycles. The maximum absolute atomic E-state index is 12.1. The number of nitrogens with one attached hydrogen (secondary N) is 2. The van der Waals surface area contributed by atoms with E-state index in [2.05, 4.69) is 10.6 Å². The van der Waals surface area contributed by atoms with Crippen LogP contribution < -0.4 is 10.6 Å². The number of carboxylic acid groups (broad SMARTS) is 1. The standard InChI is InChI=1S/C13H24N2O3/c1-10(6-5-7-11(16)17)15-12(18)13(2)8-3-4-9-14-13/h10,14H,3-9H2,1-2H3,(H,15,18)(H,16,17). The molecule has 3 N–H and O–H groups in total. The van der Waals surface area contributed by atoms with Gasteiger partial charge in [-0.3, -0.25) is 9.59 Å². The molecule has 0 aromatic rings. The van der Waals surface area contributed by atoms with Crippen molar-refractivity contribution in [3.8, 4) is 0 Å². The smallest absolute Gasteiger partial charge is 0.303 e. The molecule has 0 saturated carbocycles. The van der Waals surface area contributed by atoms with Crippen molar-refractivity contribution < 1.29 is 14.7 Å². The molecule has 1 heterocycles. The van der Waals surface area contributed by atoms with Crippen LogP contribution >= 0.6 is 0 Å². The van der Waals surface area contributed by atoms with Crippen LogP contribution in [-0.4, -0.2) is 35.1 Å². The Hall–Kier alpha value is -1.10. The van der Waals surface area contributed by atoms with Gasteiger partial charge in [0.1, 0.15) is 0 Å². The second-order valence-corrected chi connectivity index (χ2v) is 5.38. The van der Waals surface area contributed by atoms with Crippen molar-refractivity contribution in [2.75, 3.05) is 6.54 Å². The summed E-state index contributed by atoms with van der Waals surface area (Å²) in [5.41, 5.74) is -0.459. The van der Waals surface area contributed by atoms with Crippen LogP contribution in [0.4, 0.5) is 0 Å². The molecule has 1 aliphatic heterocycles. The van der Waals surface area contributed by atoms with E-state index in [4.69, 9.17) is 5.11 Å². The van der Waals surface area contributed by atoms with Crippen molar-refractivity contribution in [1.29, 1.82) is 0 Å². The summed E-state index contributed by atoms with van der Waals surface area (Å²) in [5, 5.41) is 14.8. The van der Waals surface area contributed by atoms with Gasteiger partial charge in [-0.15, -0.1) is 0 Å². The van der Waals surface area contributed by atoms with Gasteiger partial charge in [-0.05, 0) is 52.5 Å². The zero-order valence-electron chi connectivity index (χ0n) is 11.3. The number of aliphatic carboxylic acids is 1. The van der Waals surface area contributed by atoms with Gasteiger partial charge in [0, 0.05) is 12.5 Å². The predicted octanol–water partition coefficient (Wildman–Crippen LogP) is 1.28. The van der Waals surface area contributed by atoms with Gasteiger partial charge >= 0.3 is 5.97 Å². The third-order valence-electron chi connectivity index (χ3n) is 3.53. The number of carboxylic acids is 1. The van der Waals surface area contributed by atoms with Crippen LogP contribution in [0.15, 0.2) is 0 Å². The number of hydrogen-bond donors (Lipinski definition) is 3. The molecular formula is C13H24N2O3. The van der Waals surface area contributed by atoms with Crippen LogP contribution in [0.25, 0.3) is 0 Å². The highest BCUT2D eigenvalue weighted by Crippen LogP contribution is 2.19. The summed E-state index contributed by atoms with van der Waals surface area (Å²) in [7, 11) is 0.